The van der Waals surface area contributed by atoms with Crippen LogP contribution >= 0.6 is 11.6 Å². The maximum absolute atomic E-state index is 10.8. The summed E-state index contributed by atoms with van der Waals surface area (Å²) in [5.74, 6) is 0. The predicted molar refractivity (Wildman–Crippen MR) is 83.7 cm³/mol. The molecule has 106 valence electrons. The zero-order chi connectivity index (χ0) is 14.8. The molecule has 6 heteroatoms. The summed E-state index contributed by atoms with van der Waals surface area (Å²) in [5.41, 5.74) is 2.70. The number of aromatic nitrogens is 1. The molecule has 1 aromatic heterocycles. The van der Waals surface area contributed by atoms with Gasteiger partial charge in [0.25, 0.3) is 5.69 Å². The Labute approximate surface area is 125 Å². The molecular formula is C15H12ClN3O2. The fraction of sp³-hybridized carbons (Fsp3) is 0.0667. The summed E-state index contributed by atoms with van der Waals surface area (Å²) in [4.78, 5) is 13.6. The number of anilines is 1. The highest BCUT2D eigenvalue weighted by Crippen LogP contribution is 2.28. The maximum atomic E-state index is 10.8. The third kappa shape index (κ3) is 2.68. The number of rotatable bonds is 4. The summed E-state index contributed by atoms with van der Waals surface area (Å²) in [7, 11) is 0. The monoisotopic (exact) mass is 301 g/mol. The molecule has 0 unspecified atom stereocenters. The zero-order valence-corrected chi connectivity index (χ0v) is 11.7. The molecule has 3 aromatic rings. The molecule has 1 heterocycles. The van der Waals surface area contributed by atoms with Crippen molar-refractivity contribution in [1.29, 1.82) is 0 Å². The van der Waals surface area contributed by atoms with Crippen molar-refractivity contribution in [3.05, 3.63) is 69.4 Å². The normalized spacial score (nSPS) is 10.7. The van der Waals surface area contributed by atoms with E-state index in [0.29, 0.717) is 17.3 Å². The van der Waals surface area contributed by atoms with E-state index in [9.17, 15) is 10.1 Å². The Bertz CT molecular complexity index is 814. The molecule has 0 spiro atoms. The molecule has 5 nitrogen and oxygen atoms in total. The first-order valence-electron chi connectivity index (χ1n) is 6.38. The zero-order valence-electron chi connectivity index (χ0n) is 11.0. The second-order valence-electron chi connectivity index (χ2n) is 4.63. The molecule has 0 saturated carbocycles. The van der Waals surface area contributed by atoms with Crippen molar-refractivity contribution in [2.45, 2.75) is 6.54 Å². The van der Waals surface area contributed by atoms with Crippen molar-refractivity contribution in [2.24, 2.45) is 0 Å². The van der Waals surface area contributed by atoms with E-state index in [1.807, 2.05) is 30.5 Å². The lowest BCUT2D eigenvalue weighted by molar-refractivity contribution is -0.384. The fourth-order valence-electron chi connectivity index (χ4n) is 2.23. The number of para-hydroxylation sites is 1. The van der Waals surface area contributed by atoms with Crippen molar-refractivity contribution in [3.8, 4) is 0 Å². The number of H-pyrrole nitrogens is 1. The van der Waals surface area contributed by atoms with E-state index in [1.165, 1.54) is 18.2 Å². The third-order valence-corrected chi connectivity index (χ3v) is 3.63. The summed E-state index contributed by atoms with van der Waals surface area (Å²) in [6.07, 6.45) is 1.92. The number of nitrogens with one attached hydrogen (secondary N) is 2. The molecule has 0 aliphatic carbocycles. The summed E-state index contributed by atoms with van der Waals surface area (Å²) in [6, 6.07) is 12.3. The van der Waals surface area contributed by atoms with Gasteiger partial charge in [0.05, 0.1) is 15.6 Å². The van der Waals surface area contributed by atoms with Crippen LogP contribution < -0.4 is 5.32 Å². The lowest BCUT2D eigenvalue weighted by Crippen LogP contribution is -2.00. The van der Waals surface area contributed by atoms with Crippen molar-refractivity contribution in [1.82, 2.24) is 4.98 Å². The number of non-ortho nitro benzene ring substituents is 1. The summed E-state index contributed by atoms with van der Waals surface area (Å²) in [6.45, 7) is 0.533. The second-order valence-corrected chi connectivity index (χ2v) is 5.04. The average Bonchev–Trinajstić information content (AvgIpc) is 2.89. The highest BCUT2D eigenvalue weighted by molar-refractivity contribution is 6.33. The maximum Gasteiger partial charge on any atom is 0.271 e. The van der Waals surface area contributed by atoms with Crippen LogP contribution in [0, 0.1) is 10.1 Å². The van der Waals surface area contributed by atoms with Gasteiger partial charge in [-0.25, -0.2) is 0 Å². The van der Waals surface area contributed by atoms with Crippen LogP contribution in [-0.4, -0.2) is 9.91 Å². The first kappa shape index (κ1) is 13.5. The molecule has 0 saturated heterocycles. The first-order chi connectivity index (χ1) is 10.1. The van der Waals surface area contributed by atoms with Gasteiger partial charge in [-0.05, 0) is 17.7 Å². The number of nitro groups is 1. The SMILES string of the molecule is O=[N+]([O-])c1ccc(Cl)c(NCc2c[nH]c3ccccc23)c1. The topological polar surface area (TPSA) is 71.0 Å². The fourth-order valence-corrected chi connectivity index (χ4v) is 2.41. The molecule has 3 rings (SSSR count). The van der Waals surface area contributed by atoms with Crippen LogP contribution in [-0.2, 0) is 6.54 Å². The van der Waals surface area contributed by atoms with Gasteiger partial charge >= 0.3 is 0 Å². The number of benzene rings is 2. The molecule has 0 amide bonds. The van der Waals surface area contributed by atoms with Gasteiger partial charge in [-0.1, -0.05) is 29.8 Å². The highest BCUT2D eigenvalue weighted by atomic mass is 35.5. The second kappa shape index (κ2) is 5.46. The largest absolute Gasteiger partial charge is 0.379 e. The van der Waals surface area contributed by atoms with Crippen molar-refractivity contribution in [3.63, 3.8) is 0 Å². The molecule has 0 aliphatic heterocycles. The van der Waals surface area contributed by atoms with E-state index in [2.05, 4.69) is 10.3 Å². The van der Waals surface area contributed by atoms with Gasteiger partial charge in [0.1, 0.15) is 0 Å². The van der Waals surface area contributed by atoms with E-state index < -0.39 is 4.92 Å². The van der Waals surface area contributed by atoms with Gasteiger partial charge in [0.2, 0.25) is 0 Å². The lowest BCUT2D eigenvalue weighted by Gasteiger charge is -2.07. The van der Waals surface area contributed by atoms with Crippen LogP contribution in [0.3, 0.4) is 0 Å². The van der Waals surface area contributed by atoms with Crippen molar-refractivity contribution >= 4 is 33.9 Å². The average molecular weight is 302 g/mol. The van der Waals surface area contributed by atoms with Gasteiger partial charge < -0.3 is 10.3 Å². The number of nitrogens with zero attached hydrogens (tertiary/aromatic N) is 1. The number of nitro benzene ring substituents is 1. The molecule has 0 fully saturated rings. The number of fused-ring (bicyclic) bond motifs is 1. The van der Waals surface area contributed by atoms with Gasteiger partial charge in [-0.15, -0.1) is 0 Å². The minimum Gasteiger partial charge on any atom is -0.379 e. The highest BCUT2D eigenvalue weighted by Gasteiger charge is 2.10. The Balaban J connectivity index is 1.84. The van der Waals surface area contributed by atoms with Crippen LogP contribution in [0.1, 0.15) is 5.56 Å². The van der Waals surface area contributed by atoms with E-state index in [0.717, 1.165) is 16.5 Å². The van der Waals surface area contributed by atoms with Crippen LogP contribution in [0.2, 0.25) is 5.02 Å². The number of aromatic amines is 1. The number of halogens is 1. The van der Waals surface area contributed by atoms with Gasteiger partial charge in [0.15, 0.2) is 0 Å². The number of hydrogen-bond donors (Lipinski definition) is 2. The quantitative estimate of drug-likeness (QED) is 0.556. The summed E-state index contributed by atoms with van der Waals surface area (Å²) < 4.78 is 0. The van der Waals surface area contributed by atoms with Crippen LogP contribution in [0.5, 0.6) is 0 Å². The molecule has 2 aromatic carbocycles. The van der Waals surface area contributed by atoms with Crippen LogP contribution in [0.25, 0.3) is 10.9 Å². The Morgan fingerprint density at radius 1 is 1.24 bits per heavy atom. The minimum absolute atomic E-state index is 0.0147. The molecule has 0 bridgehead atoms. The third-order valence-electron chi connectivity index (χ3n) is 3.30. The van der Waals surface area contributed by atoms with E-state index in [4.69, 9.17) is 11.6 Å². The molecular weight excluding hydrogens is 290 g/mol. The molecule has 0 aliphatic rings. The minimum atomic E-state index is -0.437. The number of hydrogen-bond acceptors (Lipinski definition) is 3. The van der Waals surface area contributed by atoms with Crippen LogP contribution in [0.4, 0.5) is 11.4 Å². The van der Waals surface area contributed by atoms with E-state index in [-0.39, 0.29) is 5.69 Å². The first-order valence-corrected chi connectivity index (χ1v) is 6.76. The van der Waals surface area contributed by atoms with Gasteiger partial charge in [-0.3, -0.25) is 10.1 Å². The van der Waals surface area contributed by atoms with Gasteiger partial charge in [-0.2, -0.15) is 0 Å². The summed E-state index contributed by atoms with van der Waals surface area (Å²) >= 11 is 6.07. The van der Waals surface area contributed by atoms with Gasteiger partial charge in [0, 0.05) is 35.8 Å². The Hall–Kier alpha value is -2.53. The molecule has 0 radical (unpaired) electrons. The Morgan fingerprint density at radius 3 is 2.86 bits per heavy atom. The standard InChI is InChI=1S/C15H12ClN3O2/c16-13-6-5-11(19(20)21)7-15(13)18-9-10-8-17-14-4-2-1-3-12(10)14/h1-8,17-18H,9H2. The smallest absolute Gasteiger partial charge is 0.271 e. The van der Waals surface area contributed by atoms with E-state index >= 15 is 0 Å². The lowest BCUT2D eigenvalue weighted by atomic mass is 10.1. The predicted octanol–water partition coefficient (Wildman–Crippen LogP) is 4.34. The molecule has 21 heavy (non-hydrogen) atoms. The van der Waals surface area contributed by atoms with Crippen molar-refractivity contribution < 1.29 is 4.92 Å². The van der Waals surface area contributed by atoms with Crippen molar-refractivity contribution in [2.75, 3.05) is 5.32 Å². The Kier molecular flexibility index (Phi) is 3.50. The Morgan fingerprint density at radius 2 is 2.05 bits per heavy atom. The van der Waals surface area contributed by atoms with Crippen LogP contribution in [0.15, 0.2) is 48.7 Å². The molecule has 0 atom stereocenters. The van der Waals surface area contributed by atoms with E-state index in [1.54, 1.807) is 0 Å². The molecule has 2 N–H and O–H groups in total. The summed E-state index contributed by atoms with van der Waals surface area (Å²) in [5, 5.41) is 15.5.